The van der Waals surface area contributed by atoms with Crippen LogP contribution < -0.4 is 4.74 Å². The lowest BCUT2D eigenvalue weighted by molar-refractivity contribution is -0.0498. The molecular formula is C22H20F2N2O4. The Labute approximate surface area is 172 Å². The van der Waals surface area contributed by atoms with Crippen molar-refractivity contribution in [2.75, 3.05) is 6.61 Å². The van der Waals surface area contributed by atoms with Crippen molar-refractivity contribution in [2.45, 2.75) is 27.4 Å². The number of hydrogen-bond donors (Lipinski definition) is 0. The highest BCUT2D eigenvalue weighted by Gasteiger charge is 2.19. The van der Waals surface area contributed by atoms with Crippen molar-refractivity contribution in [3.63, 3.8) is 0 Å². The van der Waals surface area contributed by atoms with Gasteiger partial charge in [-0.05, 0) is 63.2 Å². The minimum Gasteiger partial charge on any atom is -0.453 e. The zero-order chi connectivity index (χ0) is 21.8. The molecule has 0 bridgehead atoms. The van der Waals surface area contributed by atoms with Gasteiger partial charge in [0, 0.05) is 28.3 Å². The molecule has 3 rings (SSSR count). The molecule has 8 heteroatoms. The number of alkyl halides is 2. The molecule has 0 fully saturated rings. The molecular weight excluding hydrogens is 394 g/mol. The lowest BCUT2D eigenvalue weighted by atomic mass is 10.1. The van der Waals surface area contributed by atoms with Crippen LogP contribution in [0.5, 0.6) is 5.75 Å². The van der Waals surface area contributed by atoms with Crippen molar-refractivity contribution in [3.05, 3.63) is 76.9 Å². The number of esters is 1. The van der Waals surface area contributed by atoms with Crippen LogP contribution in [-0.2, 0) is 4.74 Å². The lowest BCUT2D eigenvalue weighted by Crippen LogP contribution is -2.16. The largest absolute Gasteiger partial charge is 0.453 e. The highest BCUT2D eigenvalue weighted by atomic mass is 19.3. The number of halogens is 2. The van der Waals surface area contributed by atoms with Gasteiger partial charge in [-0.2, -0.15) is 8.78 Å². The quantitative estimate of drug-likeness (QED) is 0.422. The Morgan fingerprint density at radius 3 is 2.40 bits per heavy atom. The summed E-state index contributed by atoms with van der Waals surface area (Å²) in [6, 6.07) is 12.8. The maximum Gasteiger partial charge on any atom is 0.387 e. The fourth-order valence-electron chi connectivity index (χ4n) is 3.16. The standard InChI is InChI=1S/C22H20F2N2O4/c1-13-5-4-6-19(25-13)21(28)29-12-20(27)18-11-14(2)26(15(18)3)16-7-9-17(10-8-16)30-22(23)24/h4-11,22H,12H2,1-3H3. The maximum absolute atomic E-state index is 12.6. The highest BCUT2D eigenvalue weighted by Crippen LogP contribution is 2.24. The zero-order valence-corrected chi connectivity index (χ0v) is 16.7. The van der Waals surface area contributed by atoms with E-state index < -0.39 is 19.2 Å². The molecule has 0 amide bonds. The summed E-state index contributed by atoms with van der Waals surface area (Å²) in [5, 5.41) is 0. The first-order chi connectivity index (χ1) is 14.3. The van der Waals surface area contributed by atoms with E-state index in [0.29, 0.717) is 22.6 Å². The molecule has 0 aliphatic heterocycles. The van der Waals surface area contributed by atoms with E-state index in [0.717, 1.165) is 5.69 Å². The minimum absolute atomic E-state index is 0.0455. The van der Waals surface area contributed by atoms with E-state index in [-0.39, 0.29) is 17.2 Å². The molecule has 0 atom stereocenters. The third-order valence-corrected chi connectivity index (χ3v) is 4.48. The lowest BCUT2D eigenvalue weighted by Gasteiger charge is -2.11. The molecule has 3 aromatic rings. The summed E-state index contributed by atoms with van der Waals surface area (Å²) in [6.07, 6.45) is 0. The Bertz CT molecular complexity index is 1080. The summed E-state index contributed by atoms with van der Waals surface area (Å²) in [6.45, 7) is 2.01. The maximum atomic E-state index is 12.6. The van der Waals surface area contributed by atoms with Crippen LogP contribution in [0.2, 0.25) is 0 Å². The summed E-state index contributed by atoms with van der Waals surface area (Å²) in [7, 11) is 0. The van der Waals surface area contributed by atoms with Gasteiger partial charge < -0.3 is 14.0 Å². The summed E-state index contributed by atoms with van der Waals surface area (Å²) < 4.78 is 35.9. The van der Waals surface area contributed by atoms with Gasteiger partial charge in [-0.25, -0.2) is 9.78 Å². The van der Waals surface area contributed by atoms with E-state index in [1.807, 2.05) is 11.5 Å². The van der Waals surface area contributed by atoms with Crippen molar-refractivity contribution in [3.8, 4) is 11.4 Å². The van der Waals surface area contributed by atoms with E-state index >= 15 is 0 Å². The number of benzene rings is 1. The Morgan fingerprint density at radius 1 is 1.07 bits per heavy atom. The summed E-state index contributed by atoms with van der Waals surface area (Å²) in [4.78, 5) is 28.8. The molecule has 0 radical (unpaired) electrons. The van der Waals surface area contributed by atoms with Crippen LogP contribution in [0.1, 0.15) is 37.9 Å². The first-order valence-electron chi connectivity index (χ1n) is 9.14. The summed E-state index contributed by atoms with van der Waals surface area (Å²) >= 11 is 0. The Morgan fingerprint density at radius 2 is 1.77 bits per heavy atom. The summed E-state index contributed by atoms with van der Waals surface area (Å²) in [5.41, 5.74) is 3.32. The third-order valence-electron chi connectivity index (χ3n) is 4.48. The van der Waals surface area contributed by atoms with Crippen LogP contribution >= 0.6 is 0 Å². The van der Waals surface area contributed by atoms with Crippen LogP contribution in [0, 0.1) is 20.8 Å². The predicted molar refractivity (Wildman–Crippen MR) is 105 cm³/mol. The number of aromatic nitrogens is 2. The molecule has 0 unspecified atom stereocenters. The van der Waals surface area contributed by atoms with E-state index in [1.54, 1.807) is 44.2 Å². The molecule has 0 N–H and O–H groups in total. The normalized spacial score (nSPS) is 10.9. The first-order valence-corrected chi connectivity index (χ1v) is 9.14. The number of ketones is 1. The number of hydrogen-bond acceptors (Lipinski definition) is 5. The molecule has 0 aliphatic rings. The smallest absolute Gasteiger partial charge is 0.387 e. The fraction of sp³-hybridized carbons (Fsp3) is 0.227. The van der Waals surface area contributed by atoms with Gasteiger partial charge in [0.2, 0.25) is 5.78 Å². The van der Waals surface area contributed by atoms with Crippen LogP contribution in [0.3, 0.4) is 0 Å². The SMILES string of the molecule is Cc1cccc(C(=O)OCC(=O)c2cc(C)n(-c3ccc(OC(F)F)cc3)c2C)n1. The van der Waals surface area contributed by atoms with Crippen molar-refractivity contribution >= 4 is 11.8 Å². The topological polar surface area (TPSA) is 70.4 Å². The molecule has 30 heavy (non-hydrogen) atoms. The molecule has 0 saturated carbocycles. The Hall–Kier alpha value is -3.55. The number of carbonyl (C=O) groups is 2. The predicted octanol–water partition coefficient (Wildman–Crippen LogP) is 4.44. The van der Waals surface area contributed by atoms with Gasteiger partial charge >= 0.3 is 12.6 Å². The van der Waals surface area contributed by atoms with Gasteiger partial charge in [0.05, 0.1) is 0 Å². The van der Waals surface area contributed by atoms with Crippen LogP contribution in [0.4, 0.5) is 8.78 Å². The second-order valence-corrected chi connectivity index (χ2v) is 6.66. The number of aryl methyl sites for hydroxylation is 2. The zero-order valence-electron chi connectivity index (χ0n) is 16.7. The van der Waals surface area contributed by atoms with Gasteiger partial charge in [0.25, 0.3) is 0 Å². The molecule has 6 nitrogen and oxygen atoms in total. The Balaban J connectivity index is 1.74. The molecule has 156 valence electrons. The number of rotatable bonds is 7. The number of carbonyl (C=O) groups excluding carboxylic acids is 2. The van der Waals surface area contributed by atoms with Crippen LogP contribution in [0.25, 0.3) is 5.69 Å². The Kier molecular flexibility index (Phi) is 6.25. The average Bonchev–Trinajstić information content (AvgIpc) is 3.00. The molecule has 1 aromatic carbocycles. The molecule has 0 aliphatic carbocycles. The van der Waals surface area contributed by atoms with Crippen molar-refractivity contribution in [1.29, 1.82) is 0 Å². The molecule has 0 saturated heterocycles. The van der Waals surface area contributed by atoms with Crippen molar-refractivity contribution in [1.82, 2.24) is 9.55 Å². The number of ether oxygens (including phenoxy) is 2. The van der Waals surface area contributed by atoms with Gasteiger partial charge in [0.15, 0.2) is 6.61 Å². The molecule has 2 heterocycles. The van der Waals surface area contributed by atoms with Gasteiger partial charge in [-0.3, -0.25) is 4.79 Å². The van der Waals surface area contributed by atoms with E-state index in [4.69, 9.17) is 4.74 Å². The minimum atomic E-state index is -2.90. The summed E-state index contributed by atoms with van der Waals surface area (Å²) in [5.74, 6) is -0.979. The van der Waals surface area contributed by atoms with Gasteiger partial charge in [-0.1, -0.05) is 6.07 Å². The molecule has 0 spiro atoms. The fourth-order valence-corrected chi connectivity index (χ4v) is 3.16. The first kappa shape index (κ1) is 21.2. The number of pyridine rings is 1. The van der Waals surface area contributed by atoms with E-state index in [2.05, 4.69) is 9.72 Å². The van der Waals surface area contributed by atoms with Gasteiger partial charge in [0.1, 0.15) is 11.4 Å². The third kappa shape index (κ3) is 4.71. The van der Waals surface area contributed by atoms with Crippen molar-refractivity contribution < 1.29 is 27.8 Å². The second kappa shape index (κ2) is 8.86. The number of Topliss-reactive ketones (excluding diaryl/α,β-unsaturated/α-hetero) is 1. The van der Waals surface area contributed by atoms with Gasteiger partial charge in [-0.15, -0.1) is 0 Å². The highest BCUT2D eigenvalue weighted by molar-refractivity contribution is 6.00. The molecule has 2 aromatic heterocycles. The van der Waals surface area contributed by atoms with E-state index in [1.165, 1.54) is 18.2 Å². The van der Waals surface area contributed by atoms with E-state index in [9.17, 15) is 18.4 Å². The van der Waals surface area contributed by atoms with Crippen LogP contribution in [-0.4, -0.2) is 34.5 Å². The van der Waals surface area contributed by atoms with Crippen molar-refractivity contribution in [2.24, 2.45) is 0 Å². The second-order valence-electron chi connectivity index (χ2n) is 6.66. The monoisotopic (exact) mass is 414 g/mol. The van der Waals surface area contributed by atoms with Crippen LogP contribution in [0.15, 0.2) is 48.5 Å². The average molecular weight is 414 g/mol. The number of nitrogens with zero attached hydrogens (tertiary/aromatic N) is 2.